The highest BCUT2D eigenvalue weighted by atomic mass is 19.1. The summed E-state index contributed by atoms with van der Waals surface area (Å²) in [5.74, 6) is -1.98. The number of carboxylic acid groups (broad SMARTS) is 2. The van der Waals surface area contributed by atoms with Gasteiger partial charge in [0.25, 0.3) is 12.4 Å². The van der Waals surface area contributed by atoms with Gasteiger partial charge in [0.1, 0.15) is 12.4 Å². The van der Waals surface area contributed by atoms with Crippen LogP contribution in [-0.4, -0.2) is 50.0 Å². The van der Waals surface area contributed by atoms with Crippen molar-refractivity contribution in [2.45, 2.75) is 13.5 Å². The van der Waals surface area contributed by atoms with Gasteiger partial charge in [-0.25, -0.2) is 9.37 Å². The fourth-order valence-electron chi connectivity index (χ4n) is 2.79. The molecule has 1 aromatic heterocycles. The van der Waals surface area contributed by atoms with Crippen molar-refractivity contribution in [3.8, 4) is 11.1 Å². The quantitative estimate of drug-likeness (QED) is 0.534. The van der Waals surface area contributed by atoms with Gasteiger partial charge in [-0.3, -0.25) is 14.4 Å². The van der Waals surface area contributed by atoms with Gasteiger partial charge in [-0.05, 0) is 30.7 Å². The second-order valence-corrected chi connectivity index (χ2v) is 6.20. The molecule has 0 spiro atoms. The zero-order valence-corrected chi connectivity index (χ0v) is 16.1. The standard InChI is InChI=1S/C20H18FN3O3.CH2O2/c1-13-18(23-12-22-13)10-24(11-19(25)26)20(27)15-6-4-5-14(9-15)16-7-2-3-8-17(16)21;2-1-3/h2-9,12H,10-11H2,1H3,(H,22,23)(H,25,26);1H,(H,2,3). The molecule has 0 fully saturated rings. The maximum atomic E-state index is 14.1. The molecule has 1 heterocycles. The SMILES string of the molecule is Cc1[nH]cnc1CN(CC(=O)O)C(=O)c1cccc(-c2ccccc2F)c1.O=CO. The van der Waals surface area contributed by atoms with Crippen molar-refractivity contribution in [1.29, 1.82) is 0 Å². The van der Waals surface area contributed by atoms with E-state index < -0.39 is 24.2 Å². The Morgan fingerprint density at radius 2 is 1.90 bits per heavy atom. The molecule has 0 saturated heterocycles. The number of rotatable bonds is 6. The molecular formula is C21H20FN3O5. The molecule has 8 nitrogen and oxygen atoms in total. The summed E-state index contributed by atoms with van der Waals surface area (Å²) in [4.78, 5) is 40.7. The largest absolute Gasteiger partial charge is 0.483 e. The molecule has 3 aromatic rings. The summed E-state index contributed by atoms with van der Waals surface area (Å²) in [5.41, 5.74) is 2.56. The molecule has 0 aliphatic carbocycles. The molecular weight excluding hydrogens is 393 g/mol. The summed E-state index contributed by atoms with van der Waals surface area (Å²) < 4.78 is 14.1. The molecule has 0 atom stereocenters. The predicted molar refractivity (Wildman–Crippen MR) is 106 cm³/mol. The molecule has 0 aliphatic rings. The summed E-state index contributed by atoms with van der Waals surface area (Å²) in [6.07, 6.45) is 1.49. The first-order valence-corrected chi connectivity index (χ1v) is 8.80. The molecule has 1 amide bonds. The Hall–Kier alpha value is -4.01. The Bertz CT molecular complexity index is 1030. The van der Waals surface area contributed by atoms with E-state index in [4.69, 9.17) is 9.90 Å². The number of aromatic amines is 1. The number of benzene rings is 2. The third-order valence-electron chi connectivity index (χ3n) is 4.18. The van der Waals surface area contributed by atoms with Crippen LogP contribution in [0.4, 0.5) is 4.39 Å². The third-order valence-corrected chi connectivity index (χ3v) is 4.18. The maximum absolute atomic E-state index is 14.1. The number of nitrogens with one attached hydrogen (secondary N) is 1. The lowest BCUT2D eigenvalue weighted by Gasteiger charge is -2.20. The van der Waals surface area contributed by atoms with Gasteiger partial charge in [0.05, 0.1) is 18.6 Å². The lowest BCUT2D eigenvalue weighted by atomic mass is 10.0. The van der Waals surface area contributed by atoms with Crippen molar-refractivity contribution < 1.29 is 29.0 Å². The van der Waals surface area contributed by atoms with E-state index in [1.807, 2.05) is 0 Å². The Morgan fingerprint density at radius 3 is 2.50 bits per heavy atom. The third kappa shape index (κ3) is 5.74. The van der Waals surface area contributed by atoms with E-state index in [1.165, 1.54) is 17.3 Å². The minimum atomic E-state index is -1.12. The number of aryl methyl sites for hydroxylation is 1. The van der Waals surface area contributed by atoms with Crippen LogP contribution in [0, 0.1) is 12.7 Å². The number of imidazole rings is 1. The molecule has 9 heteroatoms. The number of carbonyl (C=O) groups is 3. The Balaban J connectivity index is 0.00000101. The smallest absolute Gasteiger partial charge is 0.323 e. The zero-order chi connectivity index (χ0) is 22.1. The number of hydrogen-bond donors (Lipinski definition) is 3. The van der Waals surface area contributed by atoms with E-state index >= 15 is 0 Å². The molecule has 156 valence electrons. The van der Waals surface area contributed by atoms with E-state index in [-0.39, 0.29) is 18.6 Å². The zero-order valence-electron chi connectivity index (χ0n) is 16.1. The topological polar surface area (TPSA) is 124 Å². The number of halogens is 1. The molecule has 0 saturated carbocycles. The molecule has 0 bridgehead atoms. The average molecular weight is 413 g/mol. The van der Waals surface area contributed by atoms with Crippen LogP contribution in [0.3, 0.4) is 0 Å². The van der Waals surface area contributed by atoms with Gasteiger partial charge < -0.3 is 20.1 Å². The fraction of sp³-hybridized carbons (Fsp3) is 0.143. The number of hydrogen-bond acceptors (Lipinski definition) is 4. The molecule has 0 unspecified atom stereocenters. The Kier molecular flexibility index (Phi) is 7.81. The number of nitrogens with zero attached hydrogens (tertiary/aromatic N) is 2. The van der Waals surface area contributed by atoms with Crippen molar-refractivity contribution >= 4 is 18.3 Å². The molecule has 0 aliphatic heterocycles. The summed E-state index contributed by atoms with van der Waals surface area (Å²) in [7, 11) is 0. The van der Waals surface area contributed by atoms with E-state index in [9.17, 15) is 19.1 Å². The Labute approximate surface area is 171 Å². The number of amides is 1. The molecule has 3 rings (SSSR count). The van der Waals surface area contributed by atoms with Crippen LogP contribution in [0.25, 0.3) is 11.1 Å². The average Bonchev–Trinajstić information content (AvgIpc) is 3.12. The van der Waals surface area contributed by atoms with E-state index in [1.54, 1.807) is 49.4 Å². The monoisotopic (exact) mass is 413 g/mol. The molecule has 0 radical (unpaired) electrons. The second-order valence-electron chi connectivity index (χ2n) is 6.20. The van der Waals surface area contributed by atoms with E-state index in [0.717, 1.165) is 5.69 Å². The van der Waals surface area contributed by atoms with Crippen molar-refractivity contribution in [1.82, 2.24) is 14.9 Å². The van der Waals surface area contributed by atoms with Crippen molar-refractivity contribution in [3.63, 3.8) is 0 Å². The summed E-state index contributed by atoms with van der Waals surface area (Å²) in [6.45, 7) is 1.14. The molecule has 2 aromatic carbocycles. The van der Waals surface area contributed by atoms with Crippen LogP contribution >= 0.6 is 0 Å². The van der Waals surface area contributed by atoms with Crippen LogP contribution in [-0.2, 0) is 16.1 Å². The summed E-state index contributed by atoms with van der Waals surface area (Å²) in [6, 6.07) is 12.8. The second kappa shape index (κ2) is 10.5. The molecule has 3 N–H and O–H groups in total. The van der Waals surface area contributed by atoms with Crippen molar-refractivity contribution in [2.24, 2.45) is 0 Å². The number of H-pyrrole nitrogens is 1. The van der Waals surface area contributed by atoms with Gasteiger partial charge in [-0.2, -0.15) is 0 Å². The van der Waals surface area contributed by atoms with Gasteiger partial charge in [-0.1, -0.05) is 30.3 Å². The molecule has 30 heavy (non-hydrogen) atoms. The number of aliphatic carboxylic acids is 1. The normalized spacial score (nSPS) is 9.93. The summed E-state index contributed by atoms with van der Waals surface area (Å²) >= 11 is 0. The van der Waals surface area contributed by atoms with Gasteiger partial charge in [0.15, 0.2) is 0 Å². The Morgan fingerprint density at radius 1 is 1.20 bits per heavy atom. The first-order chi connectivity index (χ1) is 14.4. The minimum Gasteiger partial charge on any atom is -0.483 e. The minimum absolute atomic E-state index is 0.0599. The lowest BCUT2D eigenvalue weighted by Crippen LogP contribution is -2.35. The van der Waals surface area contributed by atoms with Gasteiger partial charge in [-0.15, -0.1) is 0 Å². The van der Waals surface area contributed by atoms with E-state index in [2.05, 4.69) is 9.97 Å². The van der Waals surface area contributed by atoms with Gasteiger partial charge >= 0.3 is 5.97 Å². The number of carboxylic acids is 1. The van der Waals surface area contributed by atoms with Crippen LogP contribution < -0.4 is 0 Å². The van der Waals surface area contributed by atoms with Crippen molar-refractivity contribution in [2.75, 3.05) is 6.54 Å². The highest BCUT2D eigenvalue weighted by molar-refractivity contribution is 5.97. The predicted octanol–water partition coefficient (Wildman–Crippen LogP) is 2.95. The van der Waals surface area contributed by atoms with Crippen molar-refractivity contribution in [3.05, 3.63) is 77.6 Å². The van der Waals surface area contributed by atoms with Crippen LogP contribution in [0.5, 0.6) is 0 Å². The number of aromatic nitrogens is 2. The maximum Gasteiger partial charge on any atom is 0.323 e. The highest BCUT2D eigenvalue weighted by Gasteiger charge is 2.21. The van der Waals surface area contributed by atoms with Crippen LogP contribution in [0.1, 0.15) is 21.7 Å². The van der Waals surface area contributed by atoms with E-state index in [0.29, 0.717) is 16.8 Å². The first-order valence-electron chi connectivity index (χ1n) is 8.80. The number of carbonyl (C=O) groups excluding carboxylic acids is 1. The lowest BCUT2D eigenvalue weighted by molar-refractivity contribution is -0.137. The van der Waals surface area contributed by atoms with Gasteiger partial charge in [0, 0.05) is 16.8 Å². The highest BCUT2D eigenvalue weighted by Crippen LogP contribution is 2.24. The van der Waals surface area contributed by atoms with Crippen LogP contribution in [0.2, 0.25) is 0 Å². The first kappa shape index (κ1) is 22.3. The van der Waals surface area contributed by atoms with Crippen LogP contribution in [0.15, 0.2) is 54.9 Å². The van der Waals surface area contributed by atoms with Gasteiger partial charge in [0.2, 0.25) is 0 Å². The summed E-state index contributed by atoms with van der Waals surface area (Å²) in [5, 5.41) is 16.1. The fourth-order valence-corrected chi connectivity index (χ4v) is 2.79.